The molecular formula is C18H22N2O. The molecule has 1 aromatic carbocycles. The van der Waals surface area contributed by atoms with Crippen LogP contribution >= 0.6 is 0 Å². The van der Waals surface area contributed by atoms with Crippen LogP contribution in [0.15, 0.2) is 48.8 Å². The number of pyridine rings is 1. The summed E-state index contributed by atoms with van der Waals surface area (Å²) >= 11 is 0. The third-order valence-electron chi connectivity index (χ3n) is 3.46. The van der Waals surface area contributed by atoms with Gasteiger partial charge in [-0.25, -0.2) is 0 Å². The van der Waals surface area contributed by atoms with Crippen molar-refractivity contribution in [2.24, 2.45) is 0 Å². The summed E-state index contributed by atoms with van der Waals surface area (Å²) in [6.45, 7) is 2.71. The first kappa shape index (κ1) is 15.2. The molecule has 0 radical (unpaired) electrons. The Morgan fingerprint density at radius 1 is 1.10 bits per heavy atom. The van der Waals surface area contributed by atoms with Gasteiger partial charge in [0.25, 0.3) is 5.91 Å². The Balaban J connectivity index is 1.85. The van der Waals surface area contributed by atoms with Crippen molar-refractivity contribution in [1.29, 1.82) is 0 Å². The number of aryl methyl sites for hydroxylation is 1. The number of hydrogen-bond donors (Lipinski definition) is 1. The Labute approximate surface area is 126 Å². The molecule has 2 rings (SSSR count). The smallest absolute Gasteiger partial charge is 0.251 e. The molecule has 0 aliphatic heterocycles. The first-order valence-electron chi connectivity index (χ1n) is 7.55. The van der Waals surface area contributed by atoms with Gasteiger partial charge in [0.1, 0.15) is 0 Å². The van der Waals surface area contributed by atoms with Crippen LogP contribution in [-0.4, -0.2) is 10.9 Å². The van der Waals surface area contributed by atoms with E-state index in [4.69, 9.17) is 0 Å². The standard InChI is InChI=1S/C18H22N2O/c1-2-3-4-6-15-8-10-17(11-9-15)18(21)20-14-16-7-5-12-19-13-16/h5,7-13H,2-4,6,14H2,1H3,(H,20,21). The van der Waals surface area contributed by atoms with Gasteiger partial charge < -0.3 is 5.32 Å². The molecule has 0 spiro atoms. The zero-order valence-electron chi connectivity index (χ0n) is 12.5. The third-order valence-corrected chi connectivity index (χ3v) is 3.46. The minimum absolute atomic E-state index is 0.0426. The van der Waals surface area contributed by atoms with Gasteiger partial charge in [0.05, 0.1) is 0 Å². The van der Waals surface area contributed by atoms with Crippen molar-refractivity contribution in [2.45, 2.75) is 39.2 Å². The molecule has 0 aliphatic rings. The average molecular weight is 282 g/mol. The number of aromatic nitrogens is 1. The van der Waals surface area contributed by atoms with Crippen LogP contribution in [0.2, 0.25) is 0 Å². The van der Waals surface area contributed by atoms with Gasteiger partial charge in [-0.05, 0) is 42.2 Å². The molecule has 3 heteroatoms. The average Bonchev–Trinajstić information content (AvgIpc) is 2.54. The number of nitrogens with one attached hydrogen (secondary N) is 1. The van der Waals surface area contributed by atoms with Crippen molar-refractivity contribution >= 4 is 5.91 Å². The molecular weight excluding hydrogens is 260 g/mol. The first-order chi connectivity index (χ1) is 10.3. The second kappa shape index (κ2) is 8.20. The SMILES string of the molecule is CCCCCc1ccc(C(=O)NCc2cccnc2)cc1. The first-order valence-corrected chi connectivity index (χ1v) is 7.55. The Morgan fingerprint density at radius 3 is 2.57 bits per heavy atom. The fraction of sp³-hybridized carbons (Fsp3) is 0.333. The summed E-state index contributed by atoms with van der Waals surface area (Å²) in [4.78, 5) is 16.1. The molecule has 1 aromatic heterocycles. The van der Waals surface area contributed by atoms with Gasteiger partial charge in [-0.3, -0.25) is 9.78 Å². The molecule has 0 unspecified atom stereocenters. The van der Waals surface area contributed by atoms with Gasteiger partial charge in [0.15, 0.2) is 0 Å². The van der Waals surface area contributed by atoms with Crippen LogP contribution in [0.5, 0.6) is 0 Å². The summed E-state index contributed by atoms with van der Waals surface area (Å²) in [5, 5.41) is 2.91. The van der Waals surface area contributed by atoms with Gasteiger partial charge in [0, 0.05) is 24.5 Å². The van der Waals surface area contributed by atoms with Crippen molar-refractivity contribution in [2.75, 3.05) is 0 Å². The summed E-state index contributed by atoms with van der Waals surface area (Å²) in [6, 6.07) is 11.7. The van der Waals surface area contributed by atoms with Crippen molar-refractivity contribution < 1.29 is 4.79 Å². The van der Waals surface area contributed by atoms with E-state index in [0.717, 1.165) is 12.0 Å². The predicted octanol–water partition coefficient (Wildman–Crippen LogP) is 3.74. The van der Waals surface area contributed by atoms with Gasteiger partial charge >= 0.3 is 0 Å². The van der Waals surface area contributed by atoms with Crippen LogP contribution in [0.3, 0.4) is 0 Å². The van der Waals surface area contributed by atoms with Crippen LogP contribution in [-0.2, 0) is 13.0 Å². The van der Waals surface area contributed by atoms with Crippen LogP contribution in [0.4, 0.5) is 0 Å². The number of amides is 1. The summed E-state index contributed by atoms with van der Waals surface area (Å²) in [5.74, 6) is -0.0426. The van der Waals surface area contributed by atoms with Crippen molar-refractivity contribution in [3.8, 4) is 0 Å². The maximum Gasteiger partial charge on any atom is 0.251 e. The monoisotopic (exact) mass is 282 g/mol. The quantitative estimate of drug-likeness (QED) is 0.786. The second-order valence-corrected chi connectivity index (χ2v) is 5.20. The van der Waals surface area contributed by atoms with Gasteiger partial charge in [-0.15, -0.1) is 0 Å². The molecule has 3 nitrogen and oxygen atoms in total. The van der Waals surface area contributed by atoms with E-state index in [2.05, 4.69) is 29.4 Å². The number of rotatable bonds is 7. The molecule has 2 aromatic rings. The molecule has 1 amide bonds. The normalized spacial score (nSPS) is 10.3. The highest BCUT2D eigenvalue weighted by Gasteiger charge is 2.05. The molecule has 0 aliphatic carbocycles. The molecule has 1 N–H and O–H groups in total. The number of carbonyl (C=O) groups excluding carboxylic acids is 1. The maximum absolute atomic E-state index is 12.1. The Kier molecular flexibility index (Phi) is 5.95. The Hall–Kier alpha value is -2.16. The van der Waals surface area contributed by atoms with E-state index in [1.54, 1.807) is 12.4 Å². The van der Waals surface area contributed by atoms with Crippen LogP contribution < -0.4 is 5.32 Å². The lowest BCUT2D eigenvalue weighted by Crippen LogP contribution is -2.22. The lowest BCUT2D eigenvalue weighted by atomic mass is 10.1. The summed E-state index contributed by atoms with van der Waals surface area (Å²) in [5.41, 5.74) is 3.01. The van der Waals surface area contributed by atoms with E-state index in [0.29, 0.717) is 12.1 Å². The van der Waals surface area contributed by atoms with E-state index >= 15 is 0 Å². The van der Waals surface area contributed by atoms with E-state index < -0.39 is 0 Å². The van der Waals surface area contributed by atoms with E-state index in [1.807, 2.05) is 24.3 Å². The molecule has 21 heavy (non-hydrogen) atoms. The number of benzene rings is 1. The van der Waals surface area contributed by atoms with Crippen molar-refractivity contribution in [3.05, 3.63) is 65.5 Å². The van der Waals surface area contributed by atoms with Crippen molar-refractivity contribution in [1.82, 2.24) is 10.3 Å². The molecule has 0 fully saturated rings. The van der Waals surface area contributed by atoms with Gasteiger partial charge in [-0.1, -0.05) is 38.0 Å². The molecule has 110 valence electrons. The highest BCUT2D eigenvalue weighted by Crippen LogP contribution is 2.09. The molecule has 0 saturated carbocycles. The number of hydrogen-bond acceptors (Lipinski definition) is 2. The molecule has 0 bridgehead atoms. The van der Waals surface area contributed by atoms with E-state index in [9.17, 15) is 4.79 Å². The van der Waals surface area contributed by atoms with Crippen LogP contribution in [0.1, 0.15) is 47.7 Å². The number of carbonyl (C=O) groups is 1. The zero-order chi connectivity index (χ0) is 14.9. The number of nitrogens with zero attached hydrogens (tertiary/aromatic N) is 1. The summed E-state index contributed by atoms with van der Waals surface area (Å²) < 4.78 is 0. The number of unbranched alkanes of at least 4 members (excludes halogenated alkanes) is 2. The van der Waals surface area contributed by atoms with Gasteiger partial charge in [0.2, 0.25) is 0 Å². The highest BCUT2D eigenvalue weighted by molar-refractivity contribution is 5.94. The zero-order valence-corrected chi connectivity index (χ0v) is 12.5. The lowest BCUT2D eigenvalue weighted by Gasteiger charge is -2.06. The fourth-order valence-corrected chi connectivity index (χ4v) is 2.19. The maximum atomic E-state index is 12.1. The Bertz CT molecular complexity index is 549. The van der Waals surface area contributed by atoms with E-state index in [1.165, 1.54) is 24.8 Å². The molecule has 0 atom stereocenters. The van der Waals surface area contributed by atoms with Gasteiger partial charge in [-0.2, -0.15) is 0 Å². The minimum atomic E-state index is -0.0426. The van der Waals surface area contributed by atoms with E-state index in [-0.39, 0.29) is 5.91 Å². The predicted molar refractivity (Wildman–Crippen MR) is 85.1 cm³/mol. The third kappa shape index (κ3) is 5.03. The summed E-state index contributed by atoms with van der Waals surface area (Å²) in [7, 11) is 0. The topological polar surface area (TPSA) is 42.0 Å². The fourth-order valence-electron chi connectivity index (χ4n) is 2.19. The van der Waals surface area contributed by atoms with Crippen LogP contribution in [0.25, 0.3) is 0 Å². The summed E-state index contributed by atoms with van der Waals surface area (Å²) in [6.07, 6.45) is 8.27. The molecule has 0 saturated heterocycles. The minimum Gasteiger partial charge on any atom is -0.348 e. The van der Waals surface area contributed by atoms with Crippen LogP contribution in [0, 0.1) is 0 Å². The Morgan fingerprint density at radius 2 is 1.90 bits per heavy atom. The second-order valence-electron chi connectivity index (χ2n) is 5.20. The molecule has 1 heterocycles. The highest BCUT2D eigenvalue weighted by atomic mass is 16.1. The largest absolute Gasteiger partial charge is 0.348 e. The lowest BCUT2D eigenvalue weighted by molar-refractivity contribution is 0.0951. The van der Waals surface area contributed by atoms with Crippen molar-refractivity contribution in [3.63, 3.8) is 0 Å².